The Morgan fingerprint density at radius 2 is 2.20 bits per heavy atom. The third-order valence-corrected chi connectivity index (χ3v) is 2.39. The highest BCUT2D eigenvalue weighted by atomic mass is 16.3. The van der Waals surface area contributed by atoms with Gasteiger partial charge in [0.1, 0.15) is 0 Å². The van der Waals surface area contributed by atoms with Crippen LogP contribution in [-0.2, 0) is 13.6 Å². The number of nitrogens with zero attached hydrogens (tertiary/aromatic N) is 3. The van der Waals surface area contributed by atoms with Crippen LogP contribution in [0.25, 0.3) is 0 Å². The second-order valence-electron chi connectivity index (χ2n) is 3.72. The Morgan fingerprint density at radius 3 is 2.80 bits per heavy atom. The van der Waals surface area contributed by atoms with Crippen LogP contribution in [0.15, 0.2) is 30.6 Å². The Kier molecular flexibility index (Phi) is 2.60. The van der Waals surface area contributed by atoms with Crippen molar-refractivity contribution < 1.29 is 5.11 Å². The van der Waals surface area contributed by atoms with Crippen LogP contribution in [0, 0.1) is 0 Å². The molecule has 0 aliphatic heterocycles. The Hall–Kier alpha value is -1.55. The molecule has 2 aromatic rings. The molecule has 0 aliphatic rings. The normalized spacial score (nSPS) is 13.0. The highest BCUT2D eigenvalue weighted by molar-refractivity contribution is 5.12. The zero-order chi connectivity index (χ0) is 10.8. The number of aryl methyl sites for hydroxylation is 1. The lowest BCUT2D eigenvalue weighted by Crippen LogP contribution is -2.06. The maximum Gasteiger partial charge on any atom is 0.0911 e. The zero-order valence-corrected chi connectivity index (χ0v) is 8.96. The fourth-order valence-corrected chi connectivity index (χ4v) is 1.67. The number of aliphatic hydroxyl groups is 1. The summed E-state index contributed by atoms with van der Waals surface area (Å²) in [5, 5.41) is 13.8. The SMILES string of the molecule is CC(O)c1cccn1Cc1ccn(C)n1. The molecular formula is C11H15N3O. The topological polar surface area (TPSA) is 43.0 Å². The number of hydrogen-bond acceptors (Lipinski definition) is 2. The van der Waals surface area contributed by atoms with E-state index in [9.17, 15) is 5.11 Å². The molecule has 0 radical (unpaired) electrons. The summed E-state index contributed by atoms with van der Waals surface area (Å²) in [6.07, 6.45) is 3.43. The number of rotatable bonds is 3. The molecule has 0 spiro atoms. The maximum atomic E-state index is 9.53. The van der Waals surface area contributed by atoms with Gasteiger partial charge < -0.3 is 9.67 Å². The summed E-state index contributed by atoms with van der Waals surface area (Å²) in [4.78, 5) is 0. The second kappa shape index (κ2) is 3.90. The molecule has 4 nitrogen and oxygen atoms in total. The molecule has 80 valence electrons. The average molecular weight is 205 g/mol. The smallest absolute Gasteiger partial charge is 0.0911 e. The predicted octanol–water partition coefficient (Wildman–Crippen LogP) is 1.32. The van der Waals surface area contributed by atoms with E-state index in [4.69, 9.17) is 0 Å². The zero-order valence-electron chi connectivity index (χ0n) is 8.96. The quantitative estimate of drug-likeness (QED) is 0.821. The lowest BCUT2D eigenvalue weighted by atomic mass is 10.3. The van der Waals surface area contributed by atoms with Crippen LogP contribution in [0.3, 0.4) is 0 Å². The van der Waals surface area contributed by atoms with E-state index in [1.165, 1.54) is 0 Å². The van der Waals surface area contributed by atoms with Crippen LogP contribution in [0.5, 0.6) is 0 Å². The molecule has 0 fully saturated rings. The third kappa shape index (κ3) is 2.10. The molecule has 4 heteroatoms. The molecule has 15 heavy (non-hydrogen) atoms. The van der Waals surface area contributed by atoms with Gasteiger partial charge in [0.25, 0.3) is 0 Å². The summed E-state index contributed by atoms with van der Waals surface area (Å²) in [5.74, 6) is 0. The van der Waals surface area contributed by atoms with Crippen molar-refractivity contribution in [1.29, 1.82) is 0 Å². The van der Waals surface area contributed by atoms with Crippen LogP contribution in [0.2, 0.25) is 0 Å². The van der Waals surface area contributed by atoms with Crippen molar-refractivity contribution in [3.63, 3.8) is 0 Å². The molecule has 0 aromatic carbocycles. The summed E-state index contributed by atoms with van der Waals surface area (Å²) in [5.41, 5.74) is 1.91. The molecule has 0 saturated carbocycles. The molecule has 2 heterocycles. The first-order valence-electron chi connectivity index (χ1n) is 4.98. The van der Waals surface area contributed by atoms with Crippen molar-refractivity contribution in [3.8, 4) is 0 Å². The lowest BCUT2D eigenvalue weighted by Gasteiger charge is -2.09. The van der Waals surface area contributed by atoms with Crippen LogP contribution < -0.4 is 0 Å². The van der Waals surface area contributed by atoms with Gasteiger partial charge in [0.15, 0.2) is 0 Å². The molecule has 2 rings (SSSR count). The van der Waals surface area contributed by atoms with Crippen molar-refractivity contribution in [3.05, 3.63) is 42.0 Å². The Bertz CT molecular complexity index is 442. The van der Waals surface area contributed by atoms with E-state index in [1.54, 1.807) is 11.6 Å². The molecule has 1 unspecified atom stereocenters. The van der Waals surface area contributed by atoms with E-state index >= 15 is 0 Å². The van der Waals surface area contributed by atoms with Gasteiger partial charge in [-0.25, -0.2) is 0 Å². The van der Waals surface area contributed by atoms with Crippen molar-refractivity contribution in [2.75, 3.05) is 0 Å². The number of aliphatic hydroxyl groups excluding tert-OH is 1. The monoisotopic (exact) mass is 205 g/mol. The third-order valence-electron chi connectivity index (χ3n) is 2.39. The first-order valence-corrected chi connectivity index (χ1v) is 4.98. The van der Waals surface area contributed by atoms with Gasteiger partial charge in [0.05, 0.1) is 18.3 Å². The molecule has 2 aromatic heterocycles. The molecule has 1 N–H and O–H groups in total. The van der Waals surface area contributed by atoms with E-state index in [1.807, 2.05) is 42.2 Å². The predicted molar refractivity (Wildman–Crippen MR) is 57.4 cm³/mol. The lowest BCUT2D eigenvalue weighted by molar-refractivity contribution is 0.189. The van der Waals surface area contributed by atoms with Gasteiger partial charge in [0, 0.05) is 25.1 Å². The summed E-state index contributed by atoms with van der Waals surface area (Å²) >= 11 is 0. The van der Waals surface area contributed by atoms with Gasteiger partial charge >= 0.3 is 0 Å². The van der Waals surface area contributed by atoms with Crippen LogP contribution >= 0.6 is 0 Å². The minimum atomic E-state index is -0.441. The van der Waals surface area contributed by atoms with Gasteiger partial charge in [-0.1, -0.05) is 0 Å². The minimum absolute atomic E-state index is 0.441. The van der Waals surface area contributed by atoms with E-state index in [2.05, 4.69) is 5.10 Å². The first kappa shape index (κ1) is 9.98. The molecule has 0 amide bonds. The molecule has 0 saturated heterocycles. The van der Waals surface area contributed by atoms with Crippen molar-refractivity contribution in [2.24, 2.45) is 7.05 Å². The summed E-state index contributed by atoms with van der Waals surface area (Å²) in [6, 6.07) is 5.84. The van der Waals surface area contributed by atoms with Gasteiger partial charge in [-0.2, -0.15) is 5.10 Å². The Morgan fingerprint density at radius 1 is 1.40 bits per heavy atom. The van der Waals surface area contributed by atoms with Crippen molar-refractivity contribution >= 4 is 0 Å². The average Bonchev–Trinajstić information content (AvgIpc) is 2.75. The van der Waals surface area contributed by atoms with Gasteiger partial charge in [-0.05, 0) is 25.1 Å². The van der Waals surface area contributed by atoms with Crippen molar-refractivity contribution in [1.82, 2.24) is 14.3 Å². The molecule has 0 aliphatic carbocycles. The Labute approximate surface area is 88.8 Å². The second-order valence-corrected chi connectivity index (χ2v) is 3.72. The first-order chi connectivity index (χ1) is 7.16. The van der Waals surface area contributed by atoms with Gasteiger partial charge in [0.2, 0.25) is 0 Å². The molecular weight excluding hydrogens is 190 g/mol. The van der Waals surface area contributed by atoms with Crippen LogP contribution in [-0.4, -0.2) is 19.5 Å². The van der Waals surface area contributed by atoms with Crippen LogP contribution in [0.1, 0.15) is 24.4 Å². The van der Waals surface area contributed by atoms with Crippen molar-refractivity contribution in [2.45, 2.75) is 19.6 Å². The highest BCUT2D eigenvalue weighted by Gasteiger charge is 2.07. The van der Waals surface area contributed by atoms with E-state index in [-0.39, 0.29) is 0 Å². The minimum Gasteiger partial charge on any atom is -0.387 e. The van der Waals surface area contributed by atoms with E-state index in [0.29, 0.717) is 6.54 Å². The summed E-state index contributed by atoms with van der Waals surface area (Å²) in [6.45, 7) is 2.47. The van der Waals surface area contributed by atoms with E-state index in [0.717, 1.165) is 11.4 Å². The van der Waals surface area contributed by atoms with E-state index < -0.39 is 6.10 Å². The van der Waals surface area contributed by atoms with Gasteiger partial charge in [-0.15, -0.1) is 0 Å². The Balaban J connectivity index is 2.20. The van der Waals surface area contributed by atoms with Crippen LogP contribution in [0.4, 0.5) is 0 Å². The highest BCUT2D eigenvalue weighted by Crippen LogP contribution is 2.14. The fourth-order valence-electron chi connectivity index (χ4n) is 1.67. The maximum absolute atomic E-state index is 9.53. The summed E-state index contributed by atoms with van der Waals surface area (Å²) in [7, 11) is 1.90. The molecule has 0 bridgehead atoms. The standard InChI is InChI=1S/C11H15N3O/c1-9(15)11-4-3-6-14(11)8-10-5-7-13(2)12-10/h3-7,9,15H,8H2,1-2H3. The van der Waals surface area contributed by atoms with Gasteiger partial charge in [-0.3, -0.25) is 4.68 Å². The molecule has 1 atom stereocenters. The fraction of sp³-hybridized carbons (Fsp3) is 0.364. The summed E-state index contributed by atoms with van der Waals surface area (Å²) < 4.78 is 3.79. The largest absolute Gasteiger partial charge is 0.387 e. The number of aromatic nitrogens is 3. The number of hydrogen-bond donors (Lipinski definition) is 1.